The molecule has 1 radical (unpaired) electrons. The predicted octanol–water partition coefficient (Wildman–Crippen LogP) is -1.76. The molecule has 0 rings (SSSR count). The van der Waals surface area contributed by atoms with Crippen LogP contribution in [0.2, 0.25) is 0 Å². The van der Waals surface area contributed by atoms with Gasteiger partial charge >= 0.3 is 0 Å². The zero-order valence-electron chi connectivity index (χ0n) is 7.45. The highest BCUT2D eigenvalue weighted by Gasteiger charge is 2.04. The van der Waals surface area contributed by atoms with Gasteiger partial charge in [-0.3, -0.25) is 9.59 Å². The van der Waals surface area contributed by atoms with E-state index in [2.05, 4.69) is 10.9 Å². The van der Waals surface area contributed by atoms with Gasteiger partial charge < -0.3 is 11.5 Å². The summed E-state index contributed by atoms with van der Waals surface area (Å²) in [6.45, 7) is 0.691. The largest absolute Gasteiger partial charge is 0.330 e. The van der Waals surface area contributed by atoms with E-state index >= 15 is 0 Å². The number of hydrogen-bond donors (Lipinski definition) is 3. The van der Waals surface area contributed by atoms with E-state index in [0.717, 1.165) is 0 Å². The SMILES string of the molecule is NCCCC(=O)[N]NC(=O)CCN. The fraction of sp³-hybridized carbons (Fsp3) is 0.714. The number of amides is 2. The summed E-state index contributed by atoms with van der Waals surface area (Å²) in [7, 11) is 0. The summed E-state index contributed by atoms with van der Waals surface area (Å²) >= 11 is 0. The Hall–Kier alpha value is -1.14. The Morgan fingerprint density at radius 2 is 1.85 bits per heavy atom. The second kappa shape index (κ2) is 7.51. The van der Waals surface area contributed by atoms with Crippen molar-refractivity contribution in [2.75, 3.05) is 13.1 Å². The Kier molecular flexibility index (Phi) is 6.85. The molecule has 6 nitrogen and oxygen atoms in total. The average Bonchev–Trinajstić information content (AvgIpc) is 2.12. The molecule has 0 fully saturated rings. The second-order valence-electron chi connectivity index (χ2n) is 2.47. The highest BCUT2D eigenvalue weighted by molar-refractivity contribution is 5.81. The molecule has 0 bridgehead atoms. The molecule has 5 N–H and O–H groups in total. The number of nitrogens with two attached hydrogens (primary N) is 2. The van der Waals surface area contributed by atoms with Crippen LogP contribution in [0.3, 0.4) is 0 Å². The first-order chi connectivity index (χ1) is 6.20. The highest BCUT2D eigenvalue weighted by Crippen LogP contribution is 1.85. The first kappa shape index (κ1) is 11.9. The minimum atomic E-state index is -0.365. The van der Waals surface area contributed by atoms with Crippen LogP contribution in [0.4, 0.5) is 0 Å². The first-order valence-corrected chi connectivity index (χ1v) is 4.13. The van der Waals surface area contributed by atoms with Crippen molar-refractivity contribution in [1.29, 1.82) is 0 Å². The van der Waals surface area contributed by atoms with Gasteiger partial charge in [0.2, 0.25) is 5.91 Å². The molecule has 0 saturated heterocycles. The molecule has 0 unspecified atom stereocenters. The Labute approximate surface area is 77.0 Å². The van der Waals surface area contributed by atoms with Crippen LogP contribution in [0, 0.1) is 0 Å². The van der Waals surface area contributed by atoms with Gasteiger partial charge in [-0.25, -0.2) is 5.43 Å². The van der Waals surface area contributed by atoms with E-state index in [1.54, 1.807) is 0 Å². The van der Waals surface area contributed by atoms with Gasteiger partial charge in [0.1, 0.15) is 0 Å². The summed E-state index contributed by atoms with van der Waals surface area (Å²) in [5, 5.41) is 0. The lowest BCUT2D eigenvalue weighted by atomic mass is 10.3. The Morgan fingerprint density at radius 3 is 2.38 bits per heavy atom. The normalized spacial score (nSPS) is 9.38. The van der Waals surface area contributed by atoms with Gasteiger partial charge in [0, 0.05) is 19.4 Å². The topological polar surface area (TPSA) is 112 Å². The number of rotatable bonds is 5. The molecular weight excluding hydrogens is 172 g/mol. The van der Waals surface area contributed by atoms with Gasteiger partial charge in [-0.05, 0) is 13.0 Å². The third kappa shape index (κ3) is 7.23. The lowest BCUT2D eigenvalue weighted by Gasteiger charge is -2.01. The van der Waals surface area contributed by atoms with Crippen LogP contribution in [-0.4, -0.2) is 24.9 Å². The van der Waals surface area contributed by atoms with Crippen molar-refractivity contribution in [1.82, 2.24) is 10.9 Å². The minimum absolute atomic E-state index is 0.174. The number of nitrogens with one attached hydrogen (secondary N) is 1. The van der Waals surface area contributed by atoms with Gasteiger partial charge in [-0.1, -0.05) is 0 Å². The molecule has 0 aromatic heterocycles. The van der Waals surface area contributed by atoms with Crippen LogP contribution >= 0.6 is 0 Å². The van der Waals surface area contributed by atoms with Gasteiger partial charge in [-0.2, -0.15) is 0 Å². The monoisotopic (exact) mass is 187 g/mol. The fourth-order valence-electron chi connectivity index (χ4n) is 0.621. The summed E-state index contributed by atoms with van der Waals surface area (Å²) in [4.78, 5) is 21.6. The van der Waals surface area contributed by atoms with Crippen LogP contribution in [0.15, 0.2) is 0 Å². The lowest BCUT2D eigenvalue weighted by Crippen LogP contribution is -2.36. The molecule has 0 aliphatic heterocycles. The lowest BCUT2D eigenvalue weighted by molar-refractivity contribution is -0.129. The van der Waals surface area contributed by atoms with Crippen LogP contribution < -0.4 is 22.3 Å². The van der Waals surface area contributed by atoms with E-state index in [-0.39, 0.29) is 31.2 Å². The molecule has 0 saturated carbocycles. The maximum Gasteiger partial charge on any atom is 0.262 e. The summed E-state index contributed by atoms with van der Waals surface area (Å²) < 4.78 is 0. The summed E-state index contributed by atoms with van der Waals surface area (Å²) in [6, 6.07) is 0. The standard InChI is InChI=1S/C7H15N4O2/c8-4-1-2-6(12)10-11-7(13)3-5-9/h1-5,8-9H2,(H,11,13). The maximum atomic E-state index is 10.8. The summed E-state index contributed by atoms with van der Waals surface area (Å²) in [5.41, 5.74) is 15.7. The third-order valence-electron chi connectivity index (χ3n) is 1.27. The summed E-state index contributed by atoms with van der Waals surface area (Å²) in [5.74, 6) is -0.709. The van der Waals surface area contributed by atoms with E-state index in [4.69, 9.17) is 11.5 Å². The average molecular weight is 187 g/mol. The molecule has 0 atom stereocenters. The third-order valence-corrected chi connectivity index (χ3v) is 1.27. The molecule has 75 valence electrons. The van der Waals surface area contributed by atoms with E-state index in [0.29, 0.717) is 13.0 Å². The Morgan fingerprint density at radius 1 is 1.15 bits per heavy atom. The molecule has 0 aromatic rings. The minimum Gasteiger partial charge on any atom is -0.330 e. The van der Waals surface area contributed by atoms with Crippen molar-refractivity contribution in [3.05, 3.63) is 0 Å². The van der Waals surface area contributed by atoms with Crippen LogP contribution in [-0.2, 0) is 9.59 Å². The molecule has 13 heavy (non-hydrogen) atoms. The number of hydrogen-bond acceptors (Lipinski definition) is 4. The fourth-order valence-corrected chi connectivity index (χ4v) is 0.621. The molecule has 2 amide bonds. The van der Waals surface area contributed by atoms with E-state index in [1.165, 1.54) is 0 Å². The quantitative estimate of drug-likeness (QED) is 0.442. The summed E-state index contributed by atoms with van der Waals surface area (Å²) in [6.07, 6.45) is 1.02. The molecule has 0 aliphatic rings. The van der Waals surface area contributed by atoms with Gasteiger partial charge in [0.05, 0.1) is 0 Å². The zero-order valence-corrected chi connectivity index (χ0v) is 7.45. The highest BCUT2D eigenvalue weighted by atomic mass is 16.2. The Bertz CT molecular complexity index is 172. The second-order valence-corrected chi connectivity index (χ2v) is 2.47. The van der Waals surface area contributed by atoms with Crippen molar-refractivity contribution in [2.45, 2.75) is 19.3 Å². The van der Waals surface area contributed by atoms with E-state index < -0.39 is 0 Å². The first-order valence-electron chi connectivity index (χ1n) is 4.13. The molecule has 0 spiro atoms. The smallest absolute Gasteiger partial charge is 0.262 e. The van der Waals surface area contributed by atoms with Crippen molar-refractivity contribution in [3.63, 3.8) is 0 Å². The number of nitrogens with zero attached hydrogens (tertiary/aromatic N) is 1. The Balaban J connectivity index is 3.40. The van der Waals surface area contributed by atoms with Gasteiger partial charge in [0.15, 0.2) is 0 Å². The van der Waals surface area contributed by atoms with E-state index in [9.17, 15) is 9.59 Å². The van der Waals surface area contributed by atoms with Crippen molar-refractivity contribution >= 4 is 11.8 Å². The van der Waals surface area contributed by atoms with Crippen LogP contribution in [0.1, 0.15) is 19.3 Å². The maximum absolute atomic E-state index is 10.8. The van der Waals surface area contributed by atoms with Gasteiger partial charge in [-0.15, -0.1) is 5.43 Å². The number of carbonyl (C=O) groups is 2. The molecule has 6 heteroatoms. The molecule has 0 heterocycles. The molecular formula is C7H15N4O2. The molecule has 0 aliphatic carbocycles. The zero-order chi connectivity index (χ0) is 10.1. The number of carbonyl (C=O) groups excluding carboxylic acids is 2. The van der Waals surface area contributed by atoms with Crippen molar-refractivity contribution in [3.8, 4) is 0 Å². The van der Waals surface area contributed by atoms with Crippen molar-refractivity contribution in [2.24, 2.45) is 11.5 Å². The van der Waals surface area contributed by atoms with Gasteiger partial charge in [0.25, 0.3) is 5.91 Å². The van der Waals surface area contributed by atoms with Crippen LogP contribution in [0.25, 0.3) is 0 Å². The molecule has 0 aromatic carbocycles. The van der Waals surface area contributed by atoms with E-state index in [1.807, 2.05) is 0 Å². The van der Waals surface area contributed by atoms with Crippen LogP contribution in [0.5, 0.6) is 0 Å². The predicted molar refractivity (Wildman–Crippen MR) is 47.2 cm³/mol. The van der Waals surface area contributed by atoms with Crippen molar-refractivity contribution < 1.29 is 9.59 Å².